The lowest BCUT2D eigenvalue weighted by Gasteiger charge is -2.53. The number of hydrogen-bond donors (Lipinski definition) is 0. The zero-order valence-electron chi connectivity index (χ0n) is 13.6. The second-order valence-corrected chi connectivity index (χ2v) is 8.67. The Bertz CT molecular complexity index is 621. The molecule has 3 heteroatoms. The summed E-state index contributed by atoms with van der Waals surface area (Å²) in [6.45, 7) is 6.82. The Morgan fingerprint density at radius 1 is 1.14 bits per heavy atom. The number of carbonyl (C=O) groups is 2. The number of carbonyl (C=O) groups excluding carboxylic acids is 2. The van der Waals surface area contributed by atoms with Crippen LogP contribution in [0.15, 0.2) is 11.1 Å². The number of ketones is 2. The highest BCUT2D eigenvalue weighted by molar-refractivity contribution is 6.06. The van der Waals surface area contributed by atoms with Crippen molar-refractivity contribution in [3.63, 3.8) is 0 Å². The van der Waals surface area contributed by atoms with Gasteiger partial charge < -0.3 is 0 Å². The summed E-state index contributed by atoms with van der Waals surface area (Å²) in [6, 6.07) is 0.529. The second kappa shape index (κ2) is 4.11. The Morgan fingerprint density at radius 2 is 1.95 bits per heavy atom. The first-order valence-corrected chi connectivity index (χ1v) is 9.04. The summed E-state index contributed by atoms with van der Waals surface area (Å²) in [4.78, 5) is 28.7. The van der Waals surface area contributed by atoms with E-state index in [0.29, 0.717) is 35.9 Å². The molecule has 0 spiro atoms. The lowest BCUT2D eigenvalue weighted by Crippen LogP contribution is -2.60. The largest absolute Gasteiger partial charge is 0.299 e. The predicted octanol–water partition coefficient (Wildman–Crippen LogP) is 2.60. The Labute approximate surface area is 132 Å². The highest BCUT2D eigenvalue weighted by atomic mass is 16.1. The fraction of sp³-hybridized carbons (Fsp3) is 0.789. The van der Waals surface area contributed by atoms with Gasteiger partial charge in [0.2, 0.25) is 0 Å². The zero-order chi connectivity index (χ0) is 15.2. The maximum Gasteiger partial charge on any atom is 0.159 e. The Kier molecular flexibility index (Phi) is 2.52. The van der Waals surface area contributed by atoms with Gasteiger partial charge in [0.25, 0.3) is 0 Å². The van der Waals surface area contributed by atoms with Gasteiger partial charge in [-0.3, -0.25) is 14.5 Å². The van der Waals surface area contributed by atoms with Crippen LogP contribution >= 0.6 is 0 Å². The van der Waals surface area contributed by atoms with Gasteiger partial charge in [0.05, 0.1) is 5.92 Å². The summed E-state index contributed by atoms with van der Waals surface area (Å²) < 4.78 is 0. The maximum atomic E-state index is 13.4. The van der Waals surface area contributed by atoms with Crippen LogP contribution in [-0.2, 0) is 9.59 Å². The molecule has 0 aromatic carbocycles. The third-order valence-corrected chi connectivity index (χ3v) is 7.87. The fourth-order valence-electron chi connectivity index (χ4n) is 6.75. The van der Waals surface area contributed by atoms with Crippen molar-refractivity contribution >= 4 is 11.6 Å². The molecular formula is C19H25NO2. The quantitative estimate of drug-likeness (QED) is 0.690. The van der Waals surface area contributed by atoms with E-state index in [4.69, 9.17) is 0 Å². The molecule has 6 atom stereocenters. The minimum atomic E-state index is -0.0819. The van der Waals surface area contributed by atoms with Gasteiger partial charge in [-0.1, -0.05) is 19.4 Å². The van der Waals surface area contributed by atoms with Crippen LogP contribution in [0.3, 0.4) is 0 Å². The number of piperidine rings is 1. The van der Waals surface area contributed by atoms with E-state index in [9.17, 15) is 9.59 Å². The molecule has 0 aromatic heterocycles. The van der Waals surface area contributed by atoms with Crippen LogP contribution in [0.1, 0.15) is 46.0 Å². The molecule has 5 rings (SSSR count). The summed E-state index contributed by atoms with van der Waals surface area (Å²) in [5, 5.41) is 0. The van der Waals surface area contributed by atoms with Gasteiger partial charge >= 0.3 is 0 Å². The molecule has 0 amide bonds. The second-order valence-electron chi connectivity index (χ2n) is 8.67. The van der Waals surface area contributed by atoms with Crippen molar-refractivity contribution in [2.75, 3.05) is 13.1 Å². The van der Waals surface area contributed by atoms with Crippen LogP contribution in [-0.4, -0.2) is 35.6 Å². The van der Waals surface area contributed by atoms with Crippen molar-refractivity contribution in [2.24, 2.45) is 29.1 Å². The van der Waals surface area contributed by atoms with E-state index in [1.54, 1.807) is 0 Å². The lowest BCUT2D eigenvalue weighted by molar-refractivity contribution is -0.144. The number of hydrogen-bond acceptors (Lipinski definition) is 3. The first-order valence-electron chi connectivity index (χ1n) is 9.04. The van der Waals surface area contributed by atoms with E-state index in [0.717, 1.165) is 37.9 Å². The number of nitrogens with zero attached hydrogens (tertiary/aromatic N) is 1. The molecule has 2 bridgehead atoms. The number of rotatable bonds is 0. The van der Waals surface area contributed by atoms with Crippen molar-refractivity contribution < 1.29 is 9.59 Å². The van der Waals surface area contributed by atoms with Crippen LogP contribution in [0, 0.1) is 29.1 Å². The minimum absolute atomic E-state index is 0.0187. The summed E-state index contributed by atoms with van der Waals surface area (Å²) >= 11 is 0. The van der Waals surface area contributed by atoms with Gasteiger partial charge in [0.15, 0.2) is 5.78 Å². The van der Waals surface area contributed by atoms with Gasteiger partial charge in [0, 0.05) is 42.5 Å². The maximum absolute atomic E-state index is 13.4. The summed E-state index contributed by atoms with van der Waals surface area (Å²) in [7, 11) is 0. The lowest BCUT2D eigenvalue weighted by atomic mass is 9.53. The molecule has 0 radical (unpaired) electrons. The summed E-state index contributed by atoms with van der Waals surface area (Å²) in [6.07, 6.45) is 4.86. The minimum Gasteiger partial charge on any atom is -0.299 e. The molecule has 2 saturated heterocycles. The van der Waals surface area contributed by atoms with Crippen LogP contribution < -0.4 is 0 Å². The summed E-state index contributed by atoms with van der Waals surface area (Å²) in [5.74, 6) is 1.87. The molecule has 0 aromatic rings. The van der Waals surface area contributed by atoms with Crippen LogP contribution in [0.25, 0.3) is 0 Å². The van der Waals surface area contributed by atoms with Gasteiger partial charge in [0.1, 0.15) is 5.78 Å². The van der Waals surface area contributed by atoms with E-state index < -0.39 is 0 Å². The number of fused-ring (bicyclic) bond motifs is 2. The van der Waals surface area contributed by atoms with Crippen molar-refractivity contribution in [3.8, 4) is 0 Å². The van der Waals surface area contributed by atoms with Crippen LogP contribution in [0.5, 0.6) is 0 Å². The van der Waals surface area contributed by atoms with Gasteiger partial charge in [-0.2, -0.15) is 0 Å². The summed E-state index contributed by atoms with van der Waals surface area (Å²) in [5.41, 5.74) is 2.35. The van der Waals surface area contributed by atoms with E-state index in [-0.39, 0.29) is 17.3 Å². The third kappa shape index (κ3) is 1.38. The SMILES string of the molecule is C[C@@H]1CN2C[C@H]3CCC4=C(C(=O)CC4)C4C(=O)C1C[C@H]2[C@]43C. The van der Waals surface area contributed by atoms with Crippen LogP contribution in [0.2, 0.25) is 0 Å². The third-order valence-electron chi connectivity index (χ3n) is 7.87. The van der Waals surface area contributed by atoms with Crippen molar-refractivity contribution in [1.82, 2.24) is 4.90 Å². The average Bonchev–Trinajstić information content (AvgIpc) is 2.92. The molecule has 22 heavy (non-hydrogen) atoms. The Balaban J connectivity index is 1.73. The van der Waals surface area contributed by atoms with E-state index in [2.05, 4.69) is 18.7 Å². The molecule has 2 unspecified atom stereocenters. The highest BCUT2D eigenvalue weighted by Gasteiger charge is 2.65. The first-order chi connectivity index (χ1) is 10.5. The normalized spacial score (nSPS) is 50.4. The molecular weight excluding hydrogens is 274 g/mol. The molecule has 2 heterocycles. The highest BCUT2D eigenvalue weighted by Crippen LogP contribution is 2.62. The molecule has 3 fully saturated rings. The molecule has 2 aliphatic heterocycles. The van der Waals surface area contributed by atoms with E-state index >= 15 is 0 Å². The van der Waals surface area contributed by atoms with Crippen molar-refractivity contribution in [2.45, 2.75) is 52.0 Å². The number of allylic oxidation sites excluding steroid dienone is 2. The average molecular weight is 299 g/mol. The zero-order valence-corrected chi connectivity index (χ0v) is 13.6. The van der Waals surface area contributed by atoms with Crippen molar-refractivity contribution in [1.29, 1.82) is 0 Å². The molecule has 118 valence electrons. The molecule has 0 N–H and O–H groups in total. The predicted molar refractivity (Wildman–Crippen MR) is 83.2 cm³/mol. The van der Waals surface area contributed by atoms with Crippen molar-refractivity contribution in [3.05, 3.63) is 11.1 Å². The van der Waals surface area contributed by atoms with E-state index in [1.165, 1.54) is 12.0 Å². The molecule has 3 nitrogen and oxygen atoms in total. The molecule has 3 aliphatic carbocycles. The Hall–Kier alpha value is -0.960. The van der Waals surface area contributed by atoms with Crippen LogP contribution in [0.4, 0.5) is 0 Å². The standard InChI is InChI=1S/C19H25NO2/c1-10-8-20-9-12-5-3-11-4-6-14(21)16(11)17-18(22)13(10)7-15(20)19(12,17)2/h10,12-13,15,17H,3-9H2,1-2H3/t10-,12-,13?,15+,17?,19-/m1/s1. The van der Waals surface area contributed by atoms with Gasteiger partial charge in [-0.25, -0.2) is 0 Å². The van der Waals surface area contributed by atoms with Gasteiger partial charge in [-0.05, 0) is 37.5 Å². The monoisotopic (exact) mass is 299 g/mol. The first kappa shape index (κ1) is 13.5. The number of Topliss-reactive ketones (excluding diaryl/α,β-unsaturated/α-hetero) is 2. The van der Waals surface area contributed by atoms with E-state index in [1.807, 2.05) is 0 Å². The smallest absolute Gasteiger partial charge is 0.159 e. The topological polar surface area (TPSA) is 37.4 Å². The molecule has 1 saturated carbocycles. The molecule has 5 aliphatic rings. The Morgan fingerprint density at radius 3 is 2.77 bits per heavy atom. The van der Waals surface area contributed by atoms with Gasteiger partial charge in [-0.15, -0.1) is 0 Å². The fourth-order valence-corrected chi connectivity index (χ4v) is 6.75.